The van der Waals surface area contributed by atoms with E-state index in [1.165, 1.54) is 0 Å². The average molecular weight is 397 g/mol. The fraction of sp³-hybridized carbons (Fsp3) is 0.100. The van der Waals surface area contributed by atoms with Gasteiger partial charge in [-0.15, -0.1) is 0 Å². The Bertz CT molecular complexity index is 808. The number of benzene rings is 2. The second kappa shape index (κ2) is 8.44. The molecule has 1 aromatic heterocycles. The molecule has 1 amide bonds. The molecular formula is C20H17BrN2O2. The molecule has 0 aliphatic heterocycles. The highest BCUT2D eigenvalue weighted by molar-refractivity contribution is 9.10. The van der Waals surface area contributed by atoms with E-state index in [0.29, 0.717) is 6.54 Å². The number of aromatic nitrogens is 1. The van der Waals surface area contributed by atoms with Crippen LogP contribution in [0.2, 0.25) is 0 Å². The van der Waals surface area contributed by atoms with Gasteiger partial charge in [0.05, 0.1) is 6.54 Å². The van der Waals surface area contributed by atoms with E-state index in [1.54, 1.807) is 17.3 Å². The zero-order valence-corrected chi connectivity index (χ0v) is 15.1. The molecule has 4 nitrogen and oxygen atoms in total. The Morgan fingerprint density at radius 3 is 2.36 bits per heavy atom. The predicted octanol–water partition coefficient (Wildman–Crippen LogP) is 5.19. The molecule has 0 unspecified atom stereocenters. The maximum absolute atomic E-state index is 12.7. The molecule has 0 N–H and O–H groups in total. The standard InChI is InChI=1S/C20H17BrN2O2/c21-18-8-10-19(11-9-18)23(14-17-7-4-12-22-13-17)20(24)25-15-16-5-2-1-3-6-16/h1-13H,14-15H2. The topological polar surface area (TPSA) is 42.4 Å². The van der Waals surface area contributed by atoms with Gasteiger partial charge >= 0.3 is 6.09 Å². The van der Waals surface area contributed by atoms with Crippen LogP contribution >= 0.6 is 15.9 Å². The van der Waals surface area contributed by atoms with Crippen LogP contribution in [0.1, 0.15) is 11.1 Å². The van der Waals surface area contributed by atoms with Gasteiger partial charge in [0.15, 0.2) is 0 Å². The molecule has 0 fully saturated rings. The van der Waals surface area contributed by atoms with E-state index < -0.39 is 6.09 Å². The number of anilines is 1. The lowest BCUT2D eigenvalue weighted by Crippen LogP contribution is -2.31. The van der Waals surface area contributed by atoms with Crippen LogP contribution in [0.15, 0.2) is 83.6 Å². The number of amides is 1. The summed E-state index contributed by atoms with van der Waals surface area (Å²) in [6.45, 7) is 0.628. The van der Waals surface area contributed by atoms with Crippen molar-refractivity contribution in [1.82, 2.24) is 4.98 Å². The summed E-state index contributed by atoms with van der Waals surface area (Å²) in [6.07, 6.45) is 3.06. The van der Waals surface area contributed by atoms with Gasteiger partial charge < -0.3 is 4.74 Å². The van der Waals surface area contributed by atoms with Gasteiger partial charge in [-0.2, -0.15) is 0 Å². The summed E-state index contributed by atoms with van der Waals surface area (Å²) < 4.78 is 6.46. The lowest BCUT2D eigenvalue weighted by molar-refractivity contribution is 0.146. The van der Waals surface area contributed by atoms with Crippen molar-refractivity contribution in [3.63, 3.8) is 0 Å². The molecule has 3 rings (SSSR count). The second-order valence-corrected chi connectivity index (χ2v) is 6.38. The zero-order chi connectivity index (χ0) is 17.5. The van der Waals surface area contributed by atoms with Crippen LogP contribution < -0.4 is 4.90 Å². The summed E-state index contributed by atoms with van der Waals surface area (Å²) in [5, 5.41) is 0. The van der Waals surface area contributed by atoms with Crippen LogP contribution in [0.4, 0.5) is 10.5 Å². The van der Waals surface area contributed by atoms with Crippen molar-refractivity contribution in [2.75, 3.05) is 4.90 Å². The third-order valence-electron chi connectivity index (χ3n) is 3.63. The SMILES string of the molecule is O=C(OCc1ccccc1)N(Cc1cccnc1)c1ccc(Br)cc1. The number of hydrogen-bond donors (Lipinski definition) is 0. The van der Waals surface area contributed by atoms with Crippen molar-refractivity contribution in [2.24, 2.45) is 0 Å². The Labute approximate surface area is 155 Å². The zero-order valence-electron chi connectivity index (χ0n) is 13.5. The number of ether oxygens (including phenoxy) is 1. The molecule has 1 heterocycles. The van der Waals surface area contributed by atoms with Crippen molar-refractivity contribution < 1.29 is 9.53 Å². The summed E-state index contributed by atoms with van der Waals surface area (Å²) in [5.74, 6) is 0. The number of hydrogen-bond acceptors (Lipinski definition) is 3. The van der Waals surface area contributed by atoms with Crippen molar-refractivity contribution in [3.8, 4) is 0 Å². The van der Waals surface area contributed by atoms with Crippen LogP contribution in [0.25, 0.3) is 0 Å². The molecular weight excluding hydrogens is 380 g/mol. The molecule has 3 aromatic rings. The van der Waals surface area contributed by atoms with Crippen LogP contribution in [0.5, 0.6) is 0 Å². The minimum atomic E-state index is -0.393. The Morgan fingerprint density at radius 2 is 1.68 bits per heavy atom. The molecule has 0 radical (unpaired) electrons. The minimum Gasteiger partial charge on any atom is -0.444 e. The van der Waals surface area contributed by atoms with Gasteiger partial charge in [-0.05, 0) is 41.5 Å². The highest BCUT2D eigenvalue weighted by atomic mass is 79.9. The van der Waals surface area contributed by atoms with Gasteiger partial charge in [-0.25, -0.2) is 4.79 Å². The van der Waals surface area contributed by atoms with E-state index in [4.69, 9.17) is 4.74 Å². The molecule has 0 aliphatic carbocycles. The van der Waals surface area contributed by atoms with E-state index >= 15 is 0 Å². The van der Waals surface area contributed by atoms with Gasteiger partial charge in [-0.1, -0.05) is 52.3 Å². The Balaban J connectivity index is 1.77. The maximum atomic E-state index is 12.7. The van der Waals surface area contributed by atoms with Crippen LogP contribution in [-0.4, -0.2) is 11.1 Å². The van der Waals surface area contributed by atoms with Gasteiger partial charge in [0, 0.05) is 22.6 Å². The second-order valence-electron chi connectivity index (χ2n) is 5.46. The molecule has 0 bridgehead atoms. The smallest absolute Gasteiger partial charge is 0.414 e. The number of rotatable bonds is 5. The third kappa shape index (κ3) is 4.90. The molecule has 25 heavy (non-hydrogen) atoms. The quantitative estimate of drug-likeness (QED) is 0.595. The monoisotopic (exact) mass is 396 g/mol. The molecule has 126 valence electrons. The normalized spacial score (nSPS) is 10.3. The Hall–Kier alpha value is -2.66. The predicted molar refractivity (Wildman–Crippen MR) is 101 cm³/mol. The first-order chi connectivity index (χ1) is 12.2. The number of pyridine rings is 1. The molecule has 0 aliphatic rings. The highest BCUT2D eigenvalue weighted by Crippen LogP contribution is 2.21. The van der Waals surface area contributed by atoms with Crippen molar-refractivity contribution in [3.05, 3.63) is 94.7 Å². The van der Waals surface area contributed by atoms with Gasteiger partial charge in [0.2, 0.25) is 0 Å². The first-order valence-electron chi connectivity index (χ1n) is 7.85. The fourth-order valence-electron chi connectivity index (χ4n) is 2.35. The van der Waals surface area contributed by atoms with Gasteiger partial charge in [0.25, 0.3) is 0 Å². The highest BCUT2D eigenvalue weighted by Gasteiger charge is 2.18. The lowest BCUT2D eigenvalue weighted by Gasteiger charge is -2.22. The molecule has 5 heteroatoms. The summed E-state index contributed by atoms with van der Waals surface area (Å²) >= 11 is 3.42. The third-order valence-corrected chi connectivity index (χ3v) is 4.16. The molecule has 0 spiro atoms. The van der Waals surface area contributed by atoms with Crippen LogP contribution in [-0.2, 0) is 17.9 Å². The van der Waals surface area contributed by atoms with E-state index in [2.05, 4.69) is 20.9 Å². The first kappa shape index (κ1) is 17.2. The number of carbonyl (C=O) groups excluding carboxylic acids is 1. The largest absolute Gasteiger partial charge is 0.444 e. The molecule has 0 atom stereocenters. The minimum absolute atomic E-state index is 0.236. The van der Waals surface area contributed by atoms with Gasteiger partial charge in [-0.3, -0.25) is 9.88 Å². The van der Waals surface area contributed by atoms with E-state index in [-0.39, 0.29) is 6.61 Å². The summed E-state index contributed by atoms with van der Waals surface area (Å²) in [6, 6.07) is 21.0. The average Bonchev–Trinajstić information content (AvgIpc) is 2.67. The lowest BCUT2D eigenvalue weighted by atomic mass is 10.2. The Kier molecular flexibility index (Phi) is 5.80. The molecule has 2 aromatic carbocycles. The van der Waals surface area contributed by atoms with E-state index in [9.17, 15) is 4.79 Å². The van der Waals surface area contributed by atoms with E-state index in [1.807, 2.05) is 66.7 Å². The van der Waals surface area contributed by atoms with Gasteiger partial charge in [0.1, 0.15) is 6.61 Å². The first-order valence-corrected chi connectivity index (χ1v) is 8.64. The number of nitrogens with zero attached hydrogens (tertiary/aromatic N) is 2. The summed E-state index contributed by atoms with van der Waals surface area (Å²) in [4.78, 5) is 18.4. The Morgan fingerprint density at radius 1 is 0.960 bits per heavy atom. The van der Waals surface area contributed by atoms with Crippen molar-refractivity contribution in [2.45, 2.75) is 13.2 Å². The fourth-order valence-corrected chi connectivity index (χ4v) is 2.62. The maximum Gasteiger partial charge on any atom is 0.414 e. The molecule has 0 saturated heterocycles. The van der Waals surface area contributed by atoms with Crippen LogP contribution in [0.3, 0.4) is 0 Å². The molecule has 0 saturated carbocycles. The summed E-state index contributed by atoms with van der Waals surface area (Å²) in [5.41, 5.74) is 2.65. The number of carbonyl (C=O) groups is 1. The number of halogens is 1. The summed E-state index contributed by atoms with van der Waals surface area (Å²) in [7, 11) is 0. The van der Waals surface area contributed by atoms with Crippen molar-refractivity contribution >= 4 is 27.7 Å². The van der Waals surface area contributed by atoms with Crippen LogP contribution in [0, 0.1) is 0 Å². The van der Waals surface area contributed by atoms with E-state index in [0.717, 1.165) is 21.3 Å². The van der Waals surface area contributed by atoms with Crippen molar-refractivity contribution in [1.29, 1.82) is 0 Å².